The number of thiazole rings is 1. The van der Waals surface area contributed by atoms with Crippen molar-refractivity contribution < 1.29 is 36.3 Å². The molecular weight excluding hydrogens is 689 g/mol. The van der Waals surface area contributed by atoms with E-state index in [9.17, 15) is 31.6 Å². The van der Waals surface area contributed by atoms with Gasteiger partial charge < -0.3 is 20.3 Å². The monoisotopic (exact) mass is 727 g/mol. The number of carbonyl (C=O) groups is 3. The highest BCUT2D eigenvalue weighted by molar-refractivity contribution is 7.91. The maximum Gasteiger partial charge on any atom is 0.274 e. The van der Waals surface area contributed by atoms with Crippen molar-refractivity contribution >= 4 is 55.0 Å². The minimum atomic E-state index is -3.98. The first-order valence-corrected chi connectivity index (χ1v) is 19.3. The van der Waals surface area contributed by atoms with Gasteiger partial charge in [-0.3, -0.25) is 19.1 Å². The standard InChI is InChI=1S/C35H39F2N5O6S2/c1-34(14-15-34)50(46,47)41-32(45)35-19-21(35)8-5-3-2-4-6-11-27(38-24-10-7-9-22(36)16-24)31(44)42-20-25(18-28(42)30(43)40-35)48-33-39-26-13-12-23(37)17-29(26)49-33/h5,7-10,12-13,16-17,21,25,27-28,38H,2-4,6,11,14-15,18-20H2,1H3,(H,40,43)(H,41,45)/b8-5-/t21-,25+,27-,28-,35+/m0/s1. The van der Waals surface area contributed by atoms with Crippen molar-refractivity contribution in [1.82, 2.24) is 19.9 Å². The van der Waals surface area contributed by atoms with Crippen molar-refractivity contribution in [2.24, 2.45) is 5.92 Å². The number of ether oxygens (including phenoxy) is 1. The van der Waals surface area contributed by atoms with Crippen LogP contribution in [0.15, 0.2) is 54.6 Å². The Hall–Kier alpha value is -4.11. The zero-order chi connectivity index (χ0) is 35.3. The van der Waals surface area contributed by atoms with Gasteiger partial charge in [0.1, 0.15) is 35.4 Å². The Morgan fingerprint density at radius 3 is 2.68 bits per heavy atom. The van der Waals surface area contributed by atoms with Gasteiger partial charge in [0.05, 0.1) is 21.5 Å². The first-order valence-electron chi connectivity index (χ1n) is 17.0. The zero-order valence-electron chi connectivity index (χ0n) is 27.5. The number of carbonyl (C=O) groups excluding carboxylic acids is 3. The molecule has 7 rings (SSSR count). The average Bonchev–Trinajstić information content (AvgIpc) is 3.88. The van der Waals surface area contributed by atoms with Crippen LogP contribution < -0.4 is 20.1 Å². The van der Waals surface area contributed by atoms with Gasteiger partial charge in [0, 0.05) is 18.0 Å². The summed E-state index contributed by atoms with van der Waals surface area (Å²) < 4.78 is 62.1. The number of allylic oxidation sites excluding steroid dienone is 1. The van der Waals surface area contributed by atoms with Crippen molar-refractivity contribution in [3.05, 3.63) is 66.3 Å². The van der Waals surface area contributed by atoms with Crippen molar-refractivity contribution in [2.45, 2.75) is 93.2 Å². The van der Waals surface area contributed by atoms with Crippen LogP contribution in [0.2, 0.25) is 0 Å². The molecule has 0 unspecified atom stereocenters. The largest absolute Gasteiger partial charge is 0.465 e. The number of sulfonamides is 1. The molecule has 0 spiro atoms. The fraction of sp³-hybridized carbons (Fsp3) is 0.486. The van der Waals surface area contributed by atoms with Crippen molar-refractivity contribution in [3.8, 4) is 5.19 Å². The smallest absolute Gasteiger partial charge is 0.274 e. The lowest BCUT2D eigenvalue weighted by Gasteiger charge is -2.30. The average molecular weight is 728 g/mol. The maximum absolute atomic E-state index is 14.4. The lowest BCUT2D eigenvalue weighted by Crippen LogP contribution is -2.58. The van der Waals surface area contributed by atoms with Crippen LogP contribution in [-0.4, -0.2) is 71.0 Å². The summed E-state index contributed by atoms with van der Waals surface area (Å²) in [5, 5.41) is 6.29. The lowest BCUT2D eigenvalue weighted by molar-refractivity contribution is -0.140. The molecule has 3 N–H and O–H groups in total. The number of halogens is 2. The predicted molar refractivity (Wildman–Crippen MR) is 184 cm³/mol. The highest BCUT2D eigenvalue weighted by Gasteiger charge is 2.63. The number of hydrogen-bond donors (Lipinski definition) is 3. The Balaban J connectivity index is 1.19. The molecule has 3 amide bonds. The Morgan fingerprint density at radius 1 is 1.10 bits per heavy atom. The third kappa shape index (κ3) is 6.94. The SMILES string of the molecule is CC1(S(=O)(=O)NC(=O)[C@@]23C[C@@H]2/C=C\CCCCC[C@H](Nc2cccc(F)c2)C(=O)N2C[C@H](Oc4nc5ccc(F)cc5s4)C[C@H]2C(=O)N3)CC1. The third-order valence-electron chi connectivity index (χ3n) is 10.2. The number of aromatic nitrogens is 1. The van der Waals surface area contributed by atoms with Gasteiger partial charge in [0.15, 0.2) is 0 Å². The summed E-state index contributed by atoms with van der Waals surface area (Å²) in [6.45, 7) is 1.59. The van der Waals surface area contributed by atoms with Gasteiger partial charge in [0.2, 0.25) is 21.8 Å². The van der Waals surface area contributed by atoms with Gasteiger partial charge in [-0.15, -0.1) is 0 Å². The molecule has 2 aliphatic carbocycles. The van der Waals surface area contributed by atoms with Gasteiger partial charge >= 0.3 is 0 Å². The molecule has 1 saturated heterocycles. The van der Waals surface area contributed by atoms with Crippen LogP contribution in [0, 0.1) is 17.6 Å². The van der Waals surface area contributed by atoms with Crippen LogP contribution in [0.25, 0.3) is 10.2 Å². The first kappa shape index (κ1) is 34.3. The number of nitrogens with zero attached hydrogens (tertiary/aromatic N) is 2. The Bertz CT molecular complexity index is 1970. The van der Waals surface area contributed by atoms with Gasteiger partial charge in [0.25, 0.3) is 11.1 Å². The Labute approximate surface area is 292 Å². The van der Waals surface area contributed by atoms with Crippen LogP contribution >= 0.6 is 11.3 Å². The topological polar surface area (TPSA) is 147 Å². The van der Waals surface area contributed by atoms with E-state index < -0.39 is 73.8 Å². The van der Waals surface area contributed by atoms with E-state index in [0.717, 1.165) is 24.2 Å². The molecule has 2 aromatic carbocycles. The number of anilines is 1. The summed E-state index contributed by atoms with van der Waals surface area (Å²) in [6.07, 6.45) is 7.71. The van der Waals surface area contributed by atoms with E-state index in [-0.39, 0.29) is 24.6 Å². The second-order valence-electron chi connectivity index (χ2n) is 14.0. The molecule has 3 heterocycles. The number of benzene rings is 2. The quantitative estimate of drug-likeness (QED) is 0.295. The number of nitrogens with one attached hydrogen (secondary N) is 3. The molecular formula is C35H39F2N5O6S2. The summed E-state index contributed by atoms with van der Waals surface area (Å²) in [5.41, 5.74) is -0.542. The molecule has 266 valence electrons. The maximum atomic E-state index is 14.4. The van der Waals surface area contributed by atoms with Gasteiger partial charge in [-0.1, -0.05) is 42.4 Å². The minimum absolute atomic E-state index is 0.0117. The second-order valence-corrected chi connectivity index (χ2v) is 17.2. The molecule has 2 aliphatic heterocycles. The molecule has 3 fully saturated rings. The molecule has 2 saturated carbocycles. The highest BCUT2D eigenvalue weighted by Crippen LogP contribution is 2.47. The van der Waals surface area contributed by atoms with E-state index >= 15 is 0 Å². The summed E-state index contributed by atoms with van der Waals surface area (Å²) in [4.78, 5) is 48.2. The van der Waals surface area contributed by atoms with Gasteiger partial charge in [-0.05, 0) is 81.8 Å². The summed E-state index contributed by atoms with van der Waals surface area (Å²) in [6, 6.07) is 8.14. The molecule has 1 aromatic heterocycles. The molecule has 15 heteroatoms. The van der Waals surface area contributed by atoms with E-state index in [4.69, 9.17) is 4.74 Å². The highest BCUT2D eigenvalue weighted by atomic mass is 32.2. The molecule has 5 atom stereocenters. The Morgan fingerprint density at radius 2 is 1.90 bits per heavy atom. The number of amides is 3. The van der Waals surface area contributed by atoms with Crippen molar-refractivity contribution in [3.63, 3.8) is 0 Å². The molecule has 0 radical (unpaired) electrons. The molecule has 0 bridgehead atoms. The summed E-state index contributed by atoms with van der Waals surface area (Å²) >= 11 is 1.14. The van der Waals surface area contributed by atoms with E-state index in [1.165, 1.54) is 29.2 Å². The van der Waals surface area contributed by atoms with E-state index in [2.05, 4.69) is 20.3 Å². The van der Waals surface area contributed by atoms with Gasteiger partial charge in [-0.25, -0.2) is 22.2 Å². The summed E-state index contributed by atoms with van der Waals surface area (Å²) in [7, 11) is -3.98. The van der Waals surface area contributed by atoms with E-state index in [1.54, 1.807) is 25.1 Å². The molecule has 50 heavy (non-hydrogen) atoms. The van der Waals surface area contributed by atoms with Gasteiger partial charge in [-0.2, -0.15) is 0 Å². The lowest BCUT2D eigenvalue weighted by atomic mass is 10.0. The molecule has 4 aliphatic rings. The fourth-order valence-corrected chi connectivity index (χ4v) is 9.01. The number of rotatable bonds is 7. The minimum Gasteiger partial charge on any atom is -0.465 e. The zero-order valence-corrected chi connectivity index (χ0v) is 29.1. The third-order valence-corrected chi connectivity index (χ3v) is 13.3. The van der Waals surface area contributed by atoms with Crippen molar-refractivity contribution in [2.75, 3.05) is 11.9 Å². The molecule has 3 aromatic rings. The van der Waals surface area contributed by atoms with Crippen molar-refractivity contribution in [1.29, 1.82) is 0 Å². The number of fused-ring (bicyclic) bond motifs is 3. The Kier molecular flexibility index (Phi) is 9.08. The molecule has 11 nitrogen and oxygen atoms in total. The fourth-order valence-electron chi connectivity index (χ4n) is 6.80. The predicted octanol–water partition coefficient (Wildman–Crippen LogP) is 4.80. The normalized spacial score (nSPS) is 28.7. The summed E-state index contributed by atoms with van der Waals surface area (Å²) in [5.74, 6) is -3.11. The van der Waals surface area contributed by atoms with Crippen LogP contribution in [0.3, 0.4) is 0 Å². The number of hydrogen-bond acceptors (Lipinski definition) is 9. The van der Waals surface area contributed by atoms with E-state index in [1.807, 2.05) is 12.2 Å². The van der Waals surface area contributed by atoms with Crippen LogP contribution in [0.5, 0.6) is 5.19 Å². The van der Waals surface area contributed by atoms with Crippen LogP contribution in [-0.2, 0) is 24.4 Å². The van der Waals surface area contributed by atoms with E-state index in [0.29, 0.717) is 48.0 Å². The second kappa shape index (κ2) is 13.2. The van der Waals surface area contributed by atoms with Crippen LogP contribution in [0.1, 0.15) is 64.7 Å². The van der Waals surface area contributed by atoms with Crippen LogP contribution in [0.4, 0.5) is 14.5 Å². The first-order chi connectivity index (χ1) is 23.9.